The van der Waals surface area contributed by atoms with Gasteiger partial charge in [0.2, 0.25) is 0 Å². The van der Waals surface area contributed by atoms with Gasteiger partial charge in [0.15, 0.2) is 0 Å². The van der Waals surface area contributed by atoms with Crippen LogP contribution in [-0.2, 0) is 6.42 Å². The minimum Gasteiger partial charge on any atom is -0.325 e. The highest BCUT2D eigenvalue weighted by molar-refractivity contribution is 6.31. The quantitative estimate of drug-likeness (QED) is 0.903. The van der Waals surface area contributed by atoms with Crippen molar-refractivity contribution < 1.29 is 0 Å². The fourth-order valence-corrected chi connectivity index (χ4v) is 2.23. The molecule has 2 N–H and O–H groups in total. The van der Waals surface area contributed by atoms with Gasteiger partial charge in [0.25, 0.3) is 0 Å². The van der Waals surface area contributed by atoms with Crippen LogP contribution in [-0.4, -0.2) is 10.5 Å². The average Bonchev–Trinajstić information content (AvgIpc) is 3.05. The van der Waals surface area contributed by atoms with E-state index in [4.69, 9.17) is 17.3 Å². The Kier molecular flexibility index (Phi) is 2.57. The molecule has 1 aliphatic rings. The first-order valence-electron chi connectivity index (χ1n) is 5.99. The van der Waals surface area contributed by atoms with Crippen molar-refractivity contribution in [3.8, 4) is 0 Å². The van der Waals surface area contributed by atoms with Crippen LogP contribution in [0.15, 0.2) is 30.3 Å². The molecule has 0 aliphatic heterocycles. The van der Waals surface area contributed by atoms with Crippen LogP contribution in [0.2, 0.25) is 5.02 Å². The third-order valence-electron chi connectivity index (χ3n) is 3.48. The normalized spacial score (nSPS) is 17.3. The molecule has 0 bridgehead atoms. The van der Waals surface area contributed by atoms with E-state index in [2.05, 4.69) is 17.1 Å². The SMILES string of the molecule is NC1(CCc2ccc3ccc(Cl)cc3n2)CC1. The fraction of sp³-hybridized carbons (Fsp3) is 0.357. The second kappa shape index (κ2) is 3.97. The first-order valence-corrected chi connectivity index (χ1v) is 6.37. The topological polar surface area (TPSA) is 38.9 Å². The Labute approximate surface area is 106 Å². The van der Waals surface area contributed by atoms with E-state index >= 15 is 0 Å². The van der Waals surface area contributed by atoms with E-state index in [0.717, 1.165) is 47.3 Å². The summed E-state index contributed by atoms with van der Waals surface area (Å²) in [5.41, 5.74) is 8.26. The van der Waals surface area contributed by atoms with Crippen LogP contribution >= 0.6 is 11.6 Å². The predicted octanol–water partition coefficient (Wildman–Crippen LogP) is 3.31. The molecule has 1 fully saturated rings. The molecule has 1 saturated carbocycles. The van der Waals surface area contributed by atoms with Gasteiger partial charge in [-0.25, -0.2) is 0 Å². The minimum atomic E-state index is 0.102. The van der Waals surface area contributed by atoms with Crippen LogP contribution in [0.25, 0.3) is 10.9 Å². The minimum absolute atomic E-state index is 0.102. The maximum Gasteiger partial charge on any atom is 0.0720 e. The van der Waals surface area contributed by atoms with Crippen LogP contribution in [0.5, 0.6) is 0 Å². The Morgan fingerprint density at radius 3 is 2.76 bits per heavy atom. The van der Waals surface area contributed by atoms with E-state index in [9.17, 15) is 0 Å². The van der Waals surface area contributed by atoms with Gasteiger partial charge < -0.3 is 5.73 Å². The Balaban J connectivity index is 1.85. The highest BCUT2D eigenvalue weighted by atomic mass is 35.5. The number of aryl methyl sites for hydroxylation is 1. The van der Waals surface area contributed by atoms with Crippen molar-refractivity contribution in [2.45, 2.75) is 31.2 Å². The zero-order valence-electron chi connectivity index (χ0n) is 9.62. The van der Waals surface area contributed by atoms with Crippen LogP contribution in [0, 0.1) is 0 Å². The van der Waals surface area contributed by atoms with Crippen molar-refractivity contribution in [2.24, 2.45) is 5.73 Å². The van der Waals surface area contributed by atoms with Gasteiger partial charge in [-0.2, -0.15) is 0 Å². The summed E-state index contributed by atoms with van der Waals surface area (Å²) in [6.45, 7) is 0. The zero-order chi connectivity index (χ0) is 11.9. The standard InChI is InChI=1S/C14H15ClN2/c15-11-3-1-10-2-4-12(17-13(10)9-11)5-6-14(16)7-8-14/h1-4,9H,5-8,16H2. The molecular weight excluding hydrogens is 232 g/mol. The molecular formula is C14H15ClN2. The monoisotopic (exact) mass is 246 g/mol. The maximum absolute atomic E-state index is 6.08. The van der Waals surface area contributed by atoms with E-state index in [-0.39, 0.29) is 5.54 Å². The molecule has 1 aliphatic carbocycles. The number of halogens is 1. The molecule has 0 atom stereocenters. The highest BCUT2D eigenvalue weighted by Crippen LogP contribution is 2.36. The third kappa shape index (κ3) is 2.43. The van der Waals surface area contributed by atoms with E-state index in [1.54, 1.807) is 0 Å². The Bertz CT molecular complexity index is 561. The maximum atomic E-state index is 6.08. The second-order valence-electron chi connectivity index (χ2n) is 5.00. The third-order valence-corrected chi connectivity index (χ3v) is 3.72. The van der Waals surface area contributed by atoms with Crippen molar-refractivity contribution in [1.29, 1.82) is 0 Å². The summed E-state index contributed by atoms with van der Waals surface area (Å²) < 4.78 is 0. The summed E-state index contributed by atoms with van der Waals surface area (Å²) in [6.07, 6.45) is 4.31. The van der Waals surface area contributed by atoms with Gasteiger partial charge in [-0.05, 0) is 43.9 Å². The number of hydrogen-bond donors (Lipinski definition) is 1. The van der Waals surface area contributed by atoms with Crippen LogP contribution in [0.1, 0.15) is 25.0 Å². The van der Waals surface area contributed by atoms with E-state index in [1.807, 2.05) is 18.2 Å². The van der Waals surface area contributed by atoms with Gasteiger partial charge in [0.1, 0.15) is 0 Å². The Morgan fingerprint density at radius 1 is 1.24 bits per heavy atom. The number of rotatable bonds is 3. The van der Waals surface area contributed by atoms with Gasteiger partial charge in [0, 0.05) is 21.6 Å². The fourth-order valence-electron chi connectivity index (χ4n) is 2.06. The second-order valence-corrected chi connectivity index (χ2v) is 5.44. The zero-order valence-corrected chi connectivity index (χ0v) is 10.4. The molecule has 0 saturated heterocycles. The van der Waals surface area contributed by atoms with Gasteiger partial charge in [0.05, 0.1) is 5.52 Å². The van der Waals surface area contributed by atoms with Crippen molar-refractivity contribution in [2.75, 3.05) is 0 Å². The molecule has 1 aromatic carbocycles. The van der Waals surface area contributed by atoms with Crippen LogP contribution in [0.3, 0.4) is 0 Å². The summed E-state index contributed by atoms with van der Waals surface area (Å²) in [6, 6.07) is 9.99. The molecule has 3 rings (SSSR count). The van der Waals surface area contributed by atoms with Gasteiger partial charge in [-0.3, -0.25) is 4.98 Å². The molecule has 17 heavy (non-hydrogen) atoms. The molecule has 0 unspecified atom stereocenters. The van der Waals surface area contributed by atoms with Gasteiger partial charge in [-0.15, -0.1) is 0 Å². The summed E-state index contributed by atoms with van der Waals surface area (Å²) in [5.74, 6) is 0. The van der Waals surface area contributed by atoms with E-state index in [1.165, 1.54) is 0 Å². The lowest BCUT2D eigenvalue weighted by atomic mass is 10.1. The van der Waals surface area contributed by atoms with Gasteiger partial charge in [-0.1, -0.05) is 23.7 Å². The lowest BCUT2D eigenvalue weighted by Gasteiger charge is -2.08. The first kappa shape index (κ1) is 11.0. The molecule has 3 heteroatoms. The highest BCUT2D eigenvalue weighted by Gasteiger charge is 2.37. The molecule has 1 aromatic heterocycles. The average molecular weight is 247 g/mol. The number of pyridine rings is 1. The number of hydrogen-bond acceptors (Lipinski definition) is 2. The number of nitrogens with two attached hydrogens (primary N) is 1. The molecule has 0 amide bonds. The Morgan fingerprint density at radius 2 is 2.00 bits per heavy atom. The number of nitrogens with zero attached hydrogens (tertiary/aromatic N) is 1. The Hall–Kier alpha value is -1.12. The van der Waals surface area contributed by atoms with E-state index in [0.29, 0.717) is 0 Å². The smallest absolute Gasteiger partial charge is 0.0720 e. The number of benzene rings is 1. The molecule has 0 radical (unpaired) electrons. The van der Waals surface area contributed by atoms with E-state index < -0.39 is 0 Å². The molecule has 1 heterocycles. The summed E-state index contributed by atoms with van der Waals surface area (Å²) in [5, 5.41) is 1.87. The number of fused-ring (bicyclic) bond motifs is 1. The van der Waals surface area contributed by atoms with Crippen molar-refractivity contribution in [1.82, 2.24) is 4.98 Å². The first-order chi connectivity index (χ1) is 8.15. The summed E-state index contributed by atoms with van der Waals surface area (Å²) in [4.78, 5) is 4.63. The summed E-state index contributed by atoms with van der Waals surface area (Å²) >= 11 is 5.97. The molecule has 2 nitrogen and oxygen atoms in total. The van der Waals surface area contributed by atoms with Crippen molar-refractivity contribution >= 4 is 22.5 Å². The summed E-state index contributed by atoms with van der Waals surface area (Å²) in [7, 11) is 0. The lowest BCUT2D eigenvalue weighted by Crippen LogP contribution is -2.22. The predicted molar refractivity (Wildman–Crippen MR) is 71.2 cm³/mol. The molecule has 0 spiro atoms. The van der Waals surface area contributed by atoms with Crippen molar-refractivity contribution in [3.63, 3.8) is 0 Å². The van der Waals surface area contributed by atoms with Gasteiger partial charge >= 0.3 is 0 Å². The number of aromatic nitrogens is 1. The largest absolute Gasteiger partial charge is 0.325 e. The van der Waals surface area contributed by atoms with Crippen LogP contribution in [0.4, 0.5) is 0 Å². The molecule has 2 aromatic rings. The van der Waals surface area contributed by atoms with Crippen LogP contribution < -0.4 is 5.73 Å². The van der Waals surface area contributed by atoms with Crippen molar-refractivity contribution in [3.05, 3.63) is 41.0 Å². The lowest BCUT2D eigenvalue weighted by molar-refractivity contribution is 0.604. The molecule has 88 valence electrons.